The van der Waals surface area contributed by atoms with Crippen molar-refractivity contribution >= 4 is 39.5 Å². The largest absolute Gasteiger partial charge is 0.472 e. The van der Waals surface area contributed by atoms with Gasteiger partial charge in [-0.15, -0.1) is 0 Å². The van der Waals surface area contributed by atoms with Crippen LogP contribution in [0.15, 0.2) is 146 Å². The number of aliphatic hydroxyl groups is 1. The first-order valence-corrected chi connectivity index (χ1v) is 38.1. The van der Waals surface area contributed by atoms with Crippen LogP contribution in [0.25, 0.3) is 0 Å². The lowest BCUT2D eigenvalue weighted by atomic mass is 10.1. The summed E-state index contributed by atoms with van der Waals surface area (Å²) >= 11 is 0. The minimum absolute atomic E-state index is 0.0182. The summed E-state index contributed by atoms with van der Waals surface area (Å²) in [7, 11) is -9.99. The van der Waals surface area contributed by atoms with E-state index in [-0.39, 0.29) is 25.7 Å². The van der Waals surface area contributed by atoms with Gasteiger partial charge < -0.3 is 33.8 Å². The van der Waals surface area contributed by atoms with Crippen molar-refractivity contribution in [2.24, 2.45) is 0 Å². The fourth-order valence-electron chi connectivity index (χ4n) is 8.48. The molecule has 5 unspecified atom stereocenters. The molecule has 0 heterocycles. The SMILES string of the molecule is CC/C=C\C/C=C\C/C=C\C/C=C\C/C=C\CC(=O)OCC(COP(=O)(O)OCC(O)COP(=O)(O)OCC(COC(=O)CCCCCCC/C=C\C/C=C\CCC)OC(=O)CCCCCCC/C=C\CCCC)OC(=O)CCCC/C=C\C/C=C\C/C=C\C/C=C\CC. The van der Waals surface area contributed by atoms with Crippen molar-refractivity contribution in [1.29, 1.82) is 0 Å². The third-order valence-corrected chi connectivity index (χ3v) is 15.7. The van der Waals surface area contributed by atoms with Crippen LogP contribution in [0, 0.1) is 0 Å². The molecule has 0 aromatic carbocycles. The van der Waals surface area contributed by atoms with Gasteiger partial charge in [0.05, 0.1) is 32.8 Å². The standard InChI is InChI=1S/C75H122O17P2/c1-5-9-13-17-21-25-29-32-34-37-41-44-48-52-56-60-73(78)86-66-71(92-75(80)62-58-54-50-46-42-38-35-33-30-26-22-18-14-10-6-2)68-90-94(83,84)88-64-69(76)63-87-93(81,82)89-67-70(91-74(79)61-57-53-49-45-39-28-24-20-16-12-8-4)65-85-72(77)59-55-51-47-43-40-36-31-27-23-19-15-11-7-3/h9-10,13-15,19-22,24-27,31-35,41-42,44,46,52,56,69-71,76H,5-8,11-12,16-18,23,28-30,36-40,43,45,47-51,53-55,57-68H2,1-4H3,(H,81,82)(H,83,84)/b13-9-,14-10-,19-15-,24-20-,25-21-,26-22-,31-27-,34-32-,35-33-,44-41-,46-42-,56-52-. The Balaban J connectivity index is 5.46. The molecule has 0 amide bonds. The normalized spacial score (nSPS) is 14.9. The minimum atomic E-state index is -5.01. The highest BCUT2D eigenvalue weighted by Crippen LogP contribution is 2.45. The van der Waals surface area contributed by atoms with Crippen LogP contribution >= 0.6 is 15.6 Å². The van der Waals surface area contributed by atoms with Crippen LogP contribution in [0.4, 0.5) is 0 Å². The van der Waals surface area contributed by atoms with E-state index >= 15 is 0 Å². The fourth-order valence-corrected chi connectivity index (χ4v) is 10.1. The van der Waals surface area contributed by atoms with E-state index in [4.69, 9.17) is 37.0 Å². The van der Waals surface area contributed by atoms with Crippen molar-refractivity contribution in [3.05, 3.63) is 146 Å². The minimum Gasteiger partial charge on any atom is -0.462 e. The van der Waals surface area contributed by atoms with Gasteiger partial charge in [-0.1, -0.05) is 231 Å². The van der Waals surface area contributed by atoms with Gasteiger partial charge in [0, 0.05) is 19.3 Å². The maximum atomic E-state index is 13.0. The van der Waals surface area contributed by atoms with E-state index in [9.17, 15) is 43.2 Å². The number of ether oxygens (including phenoxy) is 4. The fraction of sp³-hybridized carbons (Fsp3) is 0.627. The molecule has 0 fully saturated rings. The molecule has 0 saturated carbocycles. The number of hydrogen-bond acceptors (Lipinski definition) is 15. The second-order valence-corrected chi connectivity index (χ2v) is 25.6. The smallest absolute Gasteiger partial charge is 0.462 e. The van der Waals surface area contributed by atoms with E-state index in [0.717, 1.165) is 148 Å². The van der Waals surface area contributed by atoms with E-state index in [1.807, 2.05) is 24.3 Å². The molecule has 0 aliphatic carbocycles. The maximum absolute atomic E-state index is 13.0. The number of rotatable bonds is 64. The summed E-state index contributed by atoms with van der Waals surface area (Å²) in [6.45, 7) is 4.30. The quantitative estimate of drug-likeness (QED) is 0.0169. The van der Waals surface area contributed by atoms with Gasteiger partial charge in [0.2, 0.25) is 0 Å². The van der Waals surface area contributed by atoms with E-state index in [0.29, 0.717) is 32.1 Å². The molecule has 0 aromatic heterocycles. The van der Waals surface area contributed by atoms with Gasteiger partial charge in [-0.3, -0.25) is 37.3 Å². The lowest BCUT2D eigenvalue weighted by Crippen LogP contribution is -2.30. The number of allylic oxidation sites excluding steroid dienone is 23. The predicted octanol–water partition coefficient (Wildman–Crippen LogP) is 19.5. The molecular weight excluding hydrogens is 1230 g/mol. The van der Waals surface area contributed by atoms with E-state index < -0.39 is 97.5 Å². The number of carbonyl (C=O) groups is 4. The summed E-state index contributed by atoms with van der Waals surface area (Å²) < 4.78 is 68.0. The molecule has 0 saturated heterocycles. The summed E-state index contributed by atoms with van der Waals surface area (Å²) in [5.41, 5.74) is 0. The maximum Gasteiger partial charge on any atom is 0.472 e. The van der Waals surface area contributed by atoms with Gasteiger partial charge in [0.1, 0.15) is 19.3 Å². The first-order chi connectivity index (χ1) is 45.7. The highest BCUT2D eigenvalue weighted by molar-refractivity contribution is 7.47. The second-order valence-electron chi connectivity index (χ2n) is 22.7. The molecule has 0 radical (unpaired) electrons. The number of carbonyl (C=O) groups excluding carboxylic acids is 4. The van der Waals surface area contributed by atoms with Gasteiger partial charge in [-0.05, 0) is 135 Å². The molecule has 0 aliphatic rings. The van der Waals surface area contributed by atoms with Gasteiger partial charge in [0.15, 0.2) is 12.2 Å². The molecule has 0 bridgehead atoms. The molecule has 0 aliphatic heterocycles. The number of esters is 4. The summed E-state index contributed by atoms with van der Waals surface area (Å²) in [5, 5.41) is 10.6. The average molecular weight is 1360 g/mol. The molecule has 0 aromatic rings. The Kier molecular flexibility index (Phi) is 63.0. The van der Waals surface area contributed by atoms with Crippen molar-refractivity contribution < 1.29 is 80.2 Å². The summed E-state index contributed by atoms with van der Waals surface area (Å²) in [6.07, 6.45) is 73.3. The van der Waals surface area contributed by atoms with Gasteiger partial charge in [-0.25, -0.2) is 9.13 Å². The Bertz CT molecular complexity index is 2360. The number of hydrogen-bond donors (Lipinski definition) is 3. The highest BCUT2D eigenvalue weighted by Gasteiger charge is 2.30. The van der Waals surface area contributed by atoms with Crippen molar-refractivity contribution in [2.45, 2.75) is 264 Å². The third kappa shape index (κ3) is 65.6. The monoisotopic (exact) mass is 1360 g/mol. The lowest BCUT2D eigenvalue weighted by Gasteiger charge is -2.21. The highest BCUT2D eigenvalue weighted by atomic mass is 31.2. The van der Waals surface area contributed by atoms with Crippen LogP contribution in [0.1, 0.15) is 246 Å². The van der Waals surface area contributed by atoms with Crippen molar-refractivity contribution in [3.63, 3.8) is 0 Å². The molecule has 17 nitrogen and oxygen atoms in total. The first-order valence-electron chi connectivity index (χ1n) is 35.1. The van der Waals surface area contributed by atoms with Crippen molar-refractivity contribution in [3.8, 4) is 0 Å². The molecule has 94 heavy (non-hydrogen) atoms. The zero-order valence-electron chi connectivity index (χ0n) is 57.8. The Hall–Kier alpha value is -5.06. The average Bonchev–Trinajstić information content (AvgIpc) is 1.36. The molecule has 0 rings (SSSR count). The molecule has 19 heteroatoms. The summed E-state index contributed by atoms with van der Waals surface area (Å²) in [4.78, 5) is 72.5. The van der Waals surface area contributed by atoms with E-state index in [2.05, 4.69) is 143 Å². The first kappa shape index (κ1) is 88.9. The van der Waals surface area contributed by atoms with Crippen molar-refractivity contribution in [1.82, 2.24) is 0 Å². The van der Waals surface area contributed by atoms with Crippen LogP contribution in [0.2, 0.25) is 0 Å². The zero-order valence-corrected chi connectivity index (χ0v) is 59.6. The van der Waals surface area contributed by atoms with Crippen LogP contribution in [0.5, 0.6) is 0 Å². The molecule has 3 N–H and O–H groups in total. The Labute approximate surface area is 567 Å². The summed E-state index contributed by atoms with van der Waals surface area (Å²) in [5.74, 6) is -2.41. The van der Waals surface area contributed by atoms with Crippen LogP contribution in [0.3, 0.4) is 0 Å². The lowest BCUT2D eigenvalue weighted by molar-refractivity contribution is -0.161. The molecule has 534 valence electrons. The zero-order chi connectivity index (χ0) is 69.0. The van der Waals surface area contributed by atoms with Crippen molar-refractivity contribution in [2.75, 3.05) is 39.6 Å². The second kappa shape index (κ2) is 66.5. The topological polar surface area (TPSA) is 237 Å². The number of phosphoric acid groups is 2. The van der Waals surface area contributed by atoms with Crippen LogP contribution in [-0.2, 0) is 65.4 Å². The Morgan fingerprint density at radius 3 is 1.02 bits per heavy atom. The number of aliphatic hydroxyl groups excluding tert-OH is 1. The molecule has 0 spiro atoms. The number of phosphoric ester groups is 2. The Morgan fingerprint density at radius 2 is 0.617 bits per heavy atom. The van der Waals surface area contributed by atoms with Gasteiger partial charge in [0.25, 0.3) is 0 Å². The summed E-state index contributed by atoms with van der Waals surface area (Å²) in [6, 6.07) is 0. The Morgan fingerprint density at radius 1 is 0.319 bits per heavy atom. The van der Waals surface area contributed by atoms with Gasteiger partial charge in [-0.2, -0.15) is 0 Å². The molecular formula is C75H122O17P2. The van der Waals surface area contributed by atoms with Crippen LogP contribution < -0.4 is 0 Å². The molecule has 5 atom stereocenters. The van der Waals surface area contributed by atoms with Gasteiger partial charge >= 0.3 is 39.5 Å². The van der Waals surface area contributed by atoms with E-state index in [1.165, 1.54) is 12.8 Å². The number of unbranched alkanes of at least 4 members (excludes halogenated alkanes) is 15. The predicted molar refractivity (Wildman–Crippen MR) is 380 cm³/mol. The third-order valence-electron chi connectivity index (χ3n) is 13.8. The van der Waals surface area contributed by atoms with E-state index in [1.54, 1.807) is 6.08 Å². The van der Waals surface area contributed by atoms with Crippen LogP contribution in [-0.4, -0.2) is 96.7 Å².